The Morgan fingerprint density at radius 1 is 1.17 bits per heavy atom. The first-order valence-corrected chi connectivity index (χ1v) is 6.78. The summed E-state index contributed by atoms with van der Waals surface area (Å²) in [6.45, 7) is 0. The molecule has 0 fully saturated rings. The van der Waals surface area contributed by atoms with Gasteiger partial charge in [-0.2, -0.15) is 18.4 Å². The third kappa shape index (κ3) is 2.61. The Labute approximate surface area is 129 Å². The van der Waals surface area contributed by atoms with Crippen LogP contribution in [0.5, 0.6) is 5.75 Å². The lowest BCUT2D eigenvalue weighted by Gasteiger charge is -2.13. The van der Waals surface area contributed by atoms with Gasteiger partial charge >= 0.3 is 6.18 Å². The van der Waals surface area contributed by atoms with Crippen LogP contribution in [0.15, 0.2) is 42.6 Å². The molecule has 0 saturated heterocycles. The monoisotopic (exact) mass is 316 g/mol. The van der Waals surface area contributed by atoms with Crippen LogP contribution in [0.25, 0.3) is 22.0 Å². The van der Waals surface area contributed by atoms with E-state index in [2.05, 4.69) is 4.98 Å². The van der Waals surface area contributed by atoms with Crippen molar-refractivity contribution in [1.29, 1.82) is 5.26 Å². The summed E-state index contributed by atoms with van der Waals surface area (Å²) in [5, 5.41) is 19.4. The van der Waals surface area contributed by atoms with Crippen LogP contribution in [0.1, 0.15) is 11.1 Å². The van der Waals surface area contributed by atoms with Gasteiger partial charge in [-0.1, -0.05) is 18.2 Å². The molecule has 116 valence electrons. The fourth-order valence-electron chi connectivity index (χ4n) is 2.68. The fourth-order valence-corrected chi connectivity index (χ4v) is 2.68. The standard InChI is InChI=1S/C17H11F3N2O/c18-17(19,20)13-4-2-1-3-12(13)11-7-14-16(15(23)8-11)10(5-6-21)9-22-14/h1-4,7-9,22-23H,5H2. The molecule has 0 aliphatic heterocycles. The average Bonchev–Trinajstić information content (AvgIpc) is 2.90. The van der Waals surface area contributed by atoms with Crippen LogP contribution in [-0.2, 0) is 12.6 Å². The number of aromatic hydroxyl groups is 1. The number of phenols is 1. The molecule has 2 N–H and O–H groups in total. The number of nitriles is 1. The van der Waals surface area contributed by atoms with E-state index < -0.39 is 11.7 Å². The molecule has 3 rings (SSSR count). The Kier molecular flexibility index (Phi) is 3.49. The highest BCUT2D eigenvalue weighted by Gasteiger charge is 2.33. The van der Waals surface area contributed by atoms with Crippen LogP contribution in [0, 0.1) is 11.3 Å². The summed E-state index contributed by atoms with van der Waals surface area (Å²) in [4.78, 5) is 2.89. The van der Waals surface area contributed by atoms with E-state index in [-0.39, 0.29) is 23.3 Å². The summed E-state index contributed by atoms with van der Waals surface area (Å²) in [5.74, 6) is -0.152. The normalized spacial score (nSPS) is 11.6. The SMILES string of the molecule is N#CCc1c[nH]c2cc(-c3ccccc3C(F)(F)F)cc(O)c12. The minimum absolute atomic E-state index is 0.00590. The maximum Gasteiger partial charge on any atom is 0.417 e. The molecule has 23 heavy (non-hydrogen) atoms. The molecule has 2 aromatic carbocycles. The van der Waals surface area contributed by atoms with Crippen LogP contribution >= 0.6 is 0 Å². The van der Waals surface area contributed by atoms with E-state index in [0.717, 1.165) is 6.07 Å². The minimum Gasteiger partial charge on any atom is -0.507 e. The number of benzene rings is 2. The predicted octanol–water partition coefficient (Wildman–Crippen LogP) is 4.63. The Balaban J connectivity index is 2.22. The van der Waals surface area contributed by atoms with Gasteiger partial charge in [0.1, 0.15) is 5.75 Å². The van der Waals surface area contributed by atoms with Crippen molar-refractivity contribution in [3.05, 3.63) is 53.7 Å². The van der Waals surface area contributed by atoms with Gasteiger partial charge in [0, 0.05) is 11.6 Å². The van der Waals surface area contributed by atoms with Gasteiger partial charge in [0.2, 0.25) is 0 Å². The number of rotatable bonds is 2. The number of nitrogens with one attached hydrogen (secondary N) is 1. The van der Waals surface area contributed by atoms with E-state index in [1.807, 2.05) is 6.07 Å². The highest BCUT2D eigenvalue weighted by atomic mass is 19.4. The largest absolute Gasteiger partial charge is 0.507 e. The zero-order valence-electron chi connectivity index (χ0n) is 11.8. The number of halogens is 3. The highest BCUT2D eigenvalue weighted by Crippen LogP contribution is 2.40. The number of aromatic nitrogens is 1. The van der Waals surface area contributed by atoms with Gasteiger partial charge in [0.15, 0.2) is 0 Å². The summed E-state index contributed by atoms with van der Waals surface area (Å²) in [5.41, 5.74) is 0.586. The molecule has 1 heterocycles. The van der Waals surface area contributed by atoms with Crippen LogP contribution < -0.4 is 0 Å². The Bertz CT molecular complexity index is 920. The van der Waals surface area contributed by atoms with Gasteiger partial charge in [-0.3, -0.25) is 0 Å². The van der Waals surface area contributed by atoms with Crippen molar-refractivity contribution in [2.24, 2.45) is 0 Å². The number of alkyl halides is 3. The van der Waals surface area contributed by atoms with E-state index in [1.54, 1.807) is 12.3 Å². The molecular formula is C17H11F3N2O. The number of fused-ring (bicyclic) bond motifs is 1. The van der Waals surface area contributed by atoms with Crippen LogP contribution in [0.4, 0.5) is 13.2 Å². The molecule has 3 aromatic rings. The van der Waals surface area contributed by atoms with Crippen LogP contribution in [0.2, 0.25) is 0 Å². The number of hydrogen-bond acceptors (Lipinski definition) is 2. The van der Waals surface area contributed by atoms with Crippen molar-refractivity contribution >= 4 is 10.9 Å². The lowest BCUT2D eigenvalue weighted by atomic mass is 9.97. The molecule has 0 aliphatic rings. The van der Waals surface area contributed by atoms with Crippen molar-refractivity contribution in [2.75, 3.05) is 0 Å². The number of hydrogen-bond donors (Lipinski definition) is 2. The first-order chi connectivity index (χ1) is 10.9. The van der Waals surface area contributed by atoms with Crippen molar-refractivity contribution in [3.8, 4) is 22.9 Å². The number of H-pyrrole nitrogens is 1. The second kappa shape index (κ2) is 5.36. The molecule has 0 atom stereocenters. The zero-order valence-corrected chi connectivity index (χ0v) is 11.8. The smallest absolute Gasteiger partial charge is 0.417 e. The molecule has 0 radical (unpaired) electrons. The molecule has 0 bridgehead atoms. The molecule has 1 aromatic heterocycles. The van der Waals surface area contributed by atoms with Crippen molar-refractivity contribution in [1.82, 2.24) is 4.98 Å². The number of aromatic amines is 1. The zero-order chi connectivity index (χ0) is 16.6. The van der Waals surface area contributed by atoms with Gasteiger partial charge in [0.05, 0.1) is 23.6 Å². The first-order valence-electron chi connectivity index (χ1n) is 6.78. The van der Waals surface area contributed by atoms with E-state index in [4.69, 9.17) is 5.26 Å². The summed E-state index contributed by atoms with van der Waals surface area (Å²) >= 11 is 0. The summed E-state index contributed by atoms with van der Waals surface area (Å²) in [6.07, 6.45) is -2.80. The minimum atomic E-state index is -4.48. The average molecular weight is 316 g/mol. The summed E-state index contributed by atoms with van der Waals surface area (Å²) in [6, 6.07) is 10.0. The van der Waals surface area contributed by atoms with Crippen molar-refractivity contribution in [2.45, 2.75) is 12.6 Å². The summed E-state index contributed by atoms with van der Waals surface area (Å²) in [7, 11) is 0. The van der Waals surface area contributed by atoms with Gasteiger partial charge in [-0.05, 0) is 34.9 Å². The van der Waals surface area contributed by atoms with Gasteiger partial charge in [0.25, 0.3) is 0 Å². The lowest BCUT2D eigenvalue weighted by Crippen LogP contribution is -2.06. The lowest BCUT2D eigenvalue weighted by molar-refractivity contribution is -0.137. The molecule has 6 heteroatoms. The van der Waals surface area contributed by atoms with Gasteiger partial charge < -0.3 is 10.1 Å². The molecular weight excluding hydrogens is 305 g/mol. The molecule has 0 saturated carbocycles. The Hall–Kier alpha value is -2.94. The fraction of sp³-hybridized carbons (Fsp3) is 0.118. The van der Waals surface area contributed by atoms with E-state index in [1.165, 1.54) is 24.3 Å². The second-order valence-electron chi connectivity index (χ2n) is 5.11. The second-order valence-corrected chi connectivity index (χ2v) is 5.11. The third-order valence-electron chi connectivity index (χ3n) is 3.65. The number of nitrogens with zero attached hydrogens (tertiary/aromatic N) is 1. The Morgan fingerprint density at radius 3 is 2.61 bits per heavy atom. The van der Waals surface area contributed by atoms with Crippen molar-refractivity contribution < 1.29 is 18.3 Å². The van der Waals surface area contributed by atoms with Crippen LogP contribution in [-0.4, -0.2) is 10.1 Å². The maximum atomic E-state index is 13.1. The van der Waals surface area contributed by atoms with Gasteiger partial charge in [-0.15, -0.1) is 0 Å². The van der Waals surface area contributed by atoms with Crippen molar-refractivity contribution in [3.63, 3.8) is 0 Å². The van der Waals surface area contributed by atoms with Gasteiger partial charge in [-0.25, -0.2) is 0 Å². The molecule has 3 nitrogen and oxygen atoms in total. The maximum absolute atomic E-state index is 13.1. The molecule has 0 spiro atoms. The predicted molar refractivity (Wildman–Crippen MR) is 79.7 cm³/mol. The number of phenolic OH excluding ortho intramolecular Hbond substituents is 1. The van der Waals surface area contributed by atoms with E-state index >= 15 is 0 Å². The van der Waals surface area contributed by atoms with E-state index in [0.29, 0.717) is 16.5 Å². The highest BCUT2D eigenvalue weighted by molar-refractivity contribution is 5.93. The Morgan fingerprint density at radius 2 is 1.91 bits per heavy atom. The third-order valence-corrected chi connectivity index (χ3v) is 3.65. The molecule has 0 aliphatic carbocycles. The topological polar surface area (TPSA) is 59.8 Å². The first kappa shape index (κ1) is 15.0. The summed E-state index contributed by atoms with van der Waals surface area (Å²) < 4.78 is 39.4. The quantitative estimate of drug-likeness (QED) is 0.724. The molecule has 0 amide bonds. The van der Waals surface area contributed by atoms with E-state index in [9.17, 15) is 18.3 Å². The van der Waals surface area contributed by atoms with Crippen LogP contribution in [0.3, 0.4) is 0 Å². The molecule has 0 unspecified atom stereocenters.